The molecule has 4 nitrogen and oxygen atoms in total. The second kappa shape index (κ2) is 10.4. The first-order valence-corrected chi connectivity index (χ1v) is 9.24. The van der Waals surface area contributed by atoms with Crippen molar-refractivity contribution in [1.29, 1.82) is 0 Å². The minimum absolute atomic E-state index is 0.0894. The lowest BCUT2D eigenvalue weighted by Crippen LogP contribution is -2.50. The molecule has 0 radical (unpaired) electrons. The van der Waals surface area contributed by atoms with Crippen LogP contribution in [0, 0.1) is 0 Å². The molecule has 2 rings (SSSR count). The summed E-state index contributed by atoms with van der Waals surface area (Å²) in [5.74, 6) is -0.186. The summed E-state index contributed by atoms with van der Waals surface area (Å²) in [5, 5.41) is 2.99. The van der Waals surface area contributed by atoms with Crippen LogP contribution in [0.4, 0.5) is 0 Å². The monoisotopic (exact) mass is 352 g/mol. The van der Waals surface area contributed by atoms with Gasteiger partial charge in [-0.25, -0.2) is 0 Å². The standard InChI is InChI=1S/C22H28N2O2/c1-3-4-15-23-22(26)21(16-19-11-7-5-8-12-19)24(18(2)25)17-20-13-9-6-10-14-20/h5-14,21H,3-4,15-17H2,1-2H3,(H,23,26)/t21-/m0/s1. The van der Waals surface area contributed by atoms with Crippen LogP contribution in [0.1, 0.15) is 37.8 Å². The Labute approximate surface area is 156 Å². The predicted molar refractivity (Wildman–Crippen MR) is 105 cm³/mol. The zero-order chi connectivity index (χ0) is 18.8. The predicted octanol–water partition coefficient (Wildman–Crippen LogP) is 3.56. The van der Waals surface area contributed by atoms with Crippen molar-refractivity contribution in [2.45, 2.75) is 45.7 Å². The number of amides is 2. The molecule has 1 atom stereocenters. The van der Waals surface area contributed by atoms with Gasteiger partial charge in [-0.1, -0.05) is 74.0 Å². The fraction of sp³-hybridized carbons (Fsp3) is 0.364. The molecule has 0 bridgehead atoms. The van der Waals surface area contributed by atoms with Crippen molar-refractivity contribution in [3.63, 3.8) is 0 Å². The largest absolute Gasteiger partial charge is 0.354 e. The number of unbranched alkanes of at least 4 members (excludes halogenated alkanes) is 1. The maximum atomic E-state index is 12.9. The molecule has 0 spiro atoms. The van der Waals surface area contributed by atoms with Gasteiger partial charge in [0.25, 0.3) is 0 Å². The Bertz CT molecular complexity index is 686. The van der Waals surface area contributed by atoms with Crippen molar-refractivity contribution >= 4 is 11.8 Å². The van der Waals surface area contributed by atoms with E-state index < -0.39 is 6.04 Å². The highest BCUT2D eigenvalue weighted by molar-refractivity contribution is 5.87. The summed E-state index contributed by atoms with van der Waals surface area (Å²) in [6.45, 7) is 4.68. The van der Waals surface area contributed by atoms with Crippen molar-refractivity contribution < 1.29 is 9.59 Å². The number of carbonyl (C=O) groups is 2. The number of nitrogens with zero attached hydrogens (tertiary/aromatic N) is 1. The van der Waals surface area contributed by atoms with Crippen LogP contribution in [-0.4, -0.2) is 29.3 Å². The van der Waals surface area contributed by atoms with Gasteiger partial charge in [-0.2, -0.15) is 0 Å². The zero-order valence-corrected chi connectivity index (χ0v) is 15.7. The van der Waals surface area contributed by atoms with E-state index in [1.54, 1.807) is 4.90 Å². The summed E-state index contributed by atoms with van der Waals surface area (Å²) in [7, 11) is 0. The smallest absolute Gasteiger partial charge is 0.243 e. The number of nitrogens with one attached hydrogen (secondary N) is 1. The molecule has 0 fully saturated rings. The summed E-state index contributed by atoms with van der Waals surface area (Å²) in [6.07, 6.45) is 2.46. The molecule has 2 aromatic rings. The minimum Gasteiger partial charge on any atom is -0.354 e. The minimum atomic E-state index is -0.521. The third-order valence-electron chi connectivity index (χ3n) is 4.38. The van der Waals surface area contributed by atoms with E-state index in [1.165, 1.54) is 6.92 Å². The van der Waals surface area contributed by atoms with Crippen LogP contribution in [0.3, 0.4) is 0 Å². The molecule has 0 unspecified atom stereocenters. The summed E-state index contributed by atoms with van der Waals surface area (Å²) in [5.41, 5.74) is 2.06. The molecule has 0 aliphatic heterocycles. The summed E-state index contributed by atoms with van der Waals surface area (Å²) >= 11 is 0. The maximum Gasteiger partial charge on any atom is 0.243 e. The third-order valence-corrected chi connectivity index (χ3v) is 4.38. The van der Waals surface area contributed by atoms with E-state index >= 15 is 0 Å². The van der Waals surface area contributed by atoms with Gasteiger partial charge in [-0.15, -0.1) is 0 Å². The van der Waals surface area contributed by atoms with Crippen LogP contribution in [0.5, 0.6) is 0 Å². The van der Waals surface area contributed by atoms with Gasteiger partial charge in [0.2, 0.25) is 11.8 Å². The Morgan fingerprint density at radius 3 is 2.08 bits per heavy atom. The molecule has 4 heteroatoms. The third kappa shape index (κ3) is 6.03. The van der Waals surface area contributed by atoms with Gasteiger partial charge in [0, 0.05) is 26.4 Å². The van der Waals surface area contributed by atoms with Crippen molar-refractivity contribution in [3.8, 4) is 0 Å². The number of hydrogen-bond donors (Lipinski definition) is 1. The molecule has 0 heterocycles. The first-order chi connectivity index (χ1) is 12.6. The van der Waals surface area contributed by atoms with E-state index in [0.29, 0.717) is 19.5 Å². The van der Waals surface area contributed by atoms with Gasteiger partial charge < -0.3 is 10.2 Å². The molecule has 0 aliphatic rings. The van der Waals surface area contributed by atoms with Gasteiger partial charge in [0.1, 0.15) is 6.04 Å². The quantitative estimate of drug-likeness (QED) is 0.702. The van der Waals surface area contributed by atoms with Crippen LogP contribution < -0.4 is 5.32 Å². The topological polar surface area (TPSA) is 49.4 Å². The Balaban J connectivity index is 2.22. The number of rotatable bonds is 9. The van der Waals surface area contributed by atoms with E-state index in [1.807, 2.05) is 60.7 Å². The van der Waals surface area contributed by atoms with Crippen LogP contribution in [-0.2, 0) is 22.6 Å². The van der Waals surface area contributed by atoms with E-state index in [9.17, 15) is 9.59 Å². The lowest BCUT2D eigenvalue weighted by Gasteiger charge is -2.30. The fourth-order valence-electron chi connectivity index (χ4n) is 2.91. The Hall–Kier alpha value is -2.62. The number of carbonyl (C=O) groups excluding carboxylic acids is 2. The van der Waals surface area contributed by atoms with Gasteiger partial charge in [-0.3, -0.25) is 9.59 Å². The van der Waals surface area contributed by atoms with Gasteiger partial charge in [0.15, 0.2) is 0 Å². The average Bonchev–Trinajstić information content (AvgIpc) is 2.66. The van der Waals surface area contributed by atoms with E-state index in [2.05, 4.69) is 12.2 Å². The number of benzene rings is 2. The van der Waals surface area contributed by atoms with Crippen molar-refractivity contribution in [2.24, 2.45) is 0 Å². The molecule has 0 aliphatic carbocycles. The van der Waals surface area contributed by atoms with Crippen molar-refractivity contribution in [3.05, 3.63) is 71.8 Å². The molecular formula is C22H28N2O2. The molecule has 0 saturated carbocycles. The average molecular weight is 352 g/mol. The fourth-order valence-corrected chi connectivity index (χ4v) is 2.91. The second-order valence-electron chi connectivity index (χ2n) is 6.48. The Morgan fingerprint density at radius 1 is 0.962 bits per heavy atom. The van der Waals surface area contributed by atoms with Crippen LogP contribution in [0.25, 0.3) is 0 Å². The SMILES string of the molecule is CCCCNC(=O)[C@H](Cc1ccccc1)N(Cc1ccccc1)C(C)=O. The molecule has 0 saturated heterocycles. The zero-order valence-electron chi connectivity index (χ0n) is 15.7. The molecule has 138 valence electrons. The molecule has 2 amide bonds. The van der Waals surface area contributed by atoms with E-state index in [4.69, 9.17) is 0 Å². The highest BCUT2D eigenvalue weighted by Gasteiger charge is 2.28. The van der Waals surface area contributed by atoms with E-state index in [0.717, 1.165) is 24.0 Å². The molecule has 2 aromatic carbocycles. The molecule has 26 heavy (non-hydrogen) atoms. The van der Waals surface area contributed by atoms with Gasteiger partial charge >= 0.3 is 0 Å². The van der Waals surface area contributed by atoms with Crippen LogP contribution in [0.2, 0.25) is 0 Å². The van der Waals surface area contributed by atoms with Gasteiger partial charge in [-0.05, 0) is 17.5 Å². The first-order valence-electron chi connectivity index (χ1n) is 9.24. The lowest BCUT2D eigenvalue weighted by molar-refractivity contribution is -0.139. The van der Waals surface area contributed by atoms with Crippen molar-refractivity contribution in [1.82, 2.24) is 10.2 Å². The highest BCUT2D eigenvalue weighted by Crippen LogP contribution is 2.14. The lowest BCUT2D eigenvalue weighted by atomic mass is 10.0. The molecule has 0 aromatic heterocycles. The summed E-state index contributed by atoms with van der Waals surface area (Å²) < 4.78 is 0. The number of hydrogen-bond acceptors (Lipinski definition) is 2. The molecule has 1 N–H and O–H groups in total. The summed E-state index contributed by atoms with van der Waals surface area (Å²) in [6, 6.07) is 19.1. The first kappa shape index (κ1) is 19.7. The highest BCUT2D eigenvalue weighted by atomic mass is 16.2. The molecular weight excluding hydrogens is 324 g/mol. The Morgan fingerprint density at radius 2 is 1.54 bits per heavy atom. The second-order valence-corrected chi connectivity index (χ2v) is 6.48. The Kier molecular flexibility index (Phi) is 7.87. The van der Waals surface area contributed by atoms with Crippen LogP contribution in [0.15, 0.2) is 60.7 Å². The maximum absolute atomic E-state index is 12.9. The van der Waals surface area contributed by atoms with E-state index in [-0.39, 0.29) is 11.8 Å². The van der Waals surface area contributed by atoms with Crippen LogP contribution >= 0.6 is 0 Å². The normalized spacial score (nSPS) is 11.6. The summed E-state index contributed by atoms with van der Waals surface area (Å²) in [4.78, 5) is 26.9. The van der Waals surface area contributed by atoms with Crippen molar-refractivity contribution in [2.75, 3.05) is 6.54 Å². The van der Waals surface area contributed by atoms with Gasteiger partial charge in [0.05, 0.1) is 0 Å².